The fourth-order valence-corrected chi connectivity index (χ4v) is 1.82. The minimum absolute atomic E-state index is 0.0978. The summed E-state index contributed by atoms with van der Waals surface area (Å²) in [6, 6.07) is 6.43. The fourth-order valence-electron chi connectivity index (χ4n) is 1.51. The van der Waals surface area contributed by atoms with E-state index in [0.29, 0.717) is 22.5 Å². The molecule has 6 heteroatoms. The van der Waals surface area contributed by atoms with Gasteiger partial charge in [-0.05, 0) is 39.7 Å². The van der Waals surface area contributed by atoms with Gasteiger partial charge in [-0.15, -0.1) is 0 Å². The van der Waals surface area contributed by atoms with Crippen molar-refractivity contribution in [1.29, 1.82) is 0 Å². The number of benzene rings is 1. The molecule has 0 saturated carbocycles. The van der Waals surface area contributed by atoms with Gasteiger partial charge in [0.2, 0.25) is 0 Å². The normalized spacial score (nSPS) is 10.3. The summed E-state index contributed by atoms with van der Waals surface area (Å²) in [5.74, 6) is 0.370. The van der Waals surface area contributed by atoms with E-state index in [1.54, 1.807) is 18.2 Å². The Labute approximate surface area is 118 Å². The number of rotatable bonds is 4. The first kappa shape index (κ1) is 13.8. The van der Waals surface area contributed by atoms with Gasteiger partial charge >= 0.3 is 0 Å². The number of hydrogen-bond donors (Lipinski definition) is 1. The van der Waals surface area contributed by atoms with Gasteiger partial charge in [-0.1, -0.05) is 0 Å². The molecule has 19 heavy (non-hydrogen) atoms. The van der Waals surface area contributed by atoms with E-state index in [1.165, 1.54) is 19.4 Å². The van der Waals surface area contributed by atoms with Gasteiger partial charge < -0.3 is 15.2 Å². The maximum atomic E-state index is 13.6. The molecule has 0 aliphatic carbocycles. The minimum atomic E-state index is -0.550. The van der Waals surface area contributed by atoms with E-state index in [4.69, 9.17) is 15.2 Å². The summed E-state index contributed by atoms with van der Waals surface area (Å²) in [5.41, 5.74) is 6.40. The van der Waals surface area contributed by atoms with Crippen LogP contribution in [0.25, 0.3) is 0 Å². The Hall–Kier alpha value is -1.66. The second-order valence-corrected chi connectivity index (χ2v) is 4.68. The van der Waals surface area contributed by atoms with Crippen LogP contribution in [0.5, 0.6) is 17.4 Å². The molecule has 0 saturated heterocycles. The molecule has 2 rings (SSSR count). The highest BCUT2D eigenvalue weighted by molar-refractivity contribution is 9.10. The molecule has 0 fully saturated rings. The summed E-state index contributed by atoms with van der Waals surface area (Å²) in [5, 5.41) is 0. The highest BCUT2D eigenvalue weighted by Gasteiger charge is 2.09. The third kappa shape index (κ3) is 3.42. The Bertz CT molecular complexity index is 571. The van der Waals surface area contributed by atoms with Crippen LogP contribution in [0.15, 0.2) is 34.9 Å². The number of nitrogens with zero attached hydrogens (tertiary/aromatic N) is 1. The van der Waals surface area contributed by atoms with Crippen LogP contribution in [0.2, 0.25) is 0 Å². The molecule has 0 atom stereocenters. The molecular weight excluding hydrogens is 315 g/mol. The molecule has 0 aliphatic rings. The highest BCUT2D eigenvalue weighted by atomic mass is 79.9. The van der Waals surface area contributed by atoms with Crippen molar-refractivity contribution in [2.45, 2.75) is 6.54 Å². The monoisotopic (exact) mass is 326 g/mol. The molecule has 1 aromatic heterocycles. The first-order valence-corrected chi connectivity index (χ1v) is 6.28. The van der Waals surface area contributed by atoms with Gasteiger partial charge in [0, 0.05) is 23.3 Å². The molecule has 0 unspecified atom stereocenters. The molecule has 1 heterocycles. The third-order valence-electron chi connectivity index (χ3n) is 2.40. The smallest absolute Gasteiger partial charge is 0.255 e. The average Bonchev–Trinajstić information content (AvgIpc) is 2.41. The standard InChI is InChI=1S/C13H12BrFN2O2/c1-18-10-2-8(6-16)3-11(5-10)19-13-12(15)4-9(14)7-17-13/h2-5,7H,6,16H2,1H3. The lowest BCUT2D eigenvalue weighted by Gasteiger charge is -2.09. The zero-order valence-corrected chi connectivity index (χ0v) is 11.8. The van der Waals surface area contributed by atoms with Crippen LogP contribution in [0.3, 0.4) is 0 Å². The van der Waals surface area contributed by atoms with Crippen LogP contribution in [-0.2, 0) is 6.54 Å². The van der Waals surface area contributed by atoms with Crippen LogP contribution in [0, 0.1) is 5.82 Å². The number of halogens is 2. The molecule has 0 bridgehead atoms. The van der Waals surface area contributed by atoms with E-state index in [1.807, 2.05) is 0 Å². The Balaban J connectivity index is 2.31. The zero-order chi connectivity index (χ0) is 13.8. The topological polar surface area (TPSA) is 57.4 Å². The largest absolute Gasteiger partial charge is 0.497 e. The zero-order valence-electron chi connectivity index (χ0n) is 10.2. The summed E-state index contributed by atoms with van der Waals surface area (Å²) < 4.78 is 24.7. The second kappa shape index (κ2) is 5.99. The van der Waals surface area contributed by atoms with Crippen molar-refractivity contribution in [2.24, 2.45) is 5.73 Å². The van der Waals surface area contributed by atoms with Gasteiger partial charge in [-0.25, -0.2) is 9.37 Å². The number of ether oxygens (including phenoxy) is 2. The summed E-state index contributed by atoms with van der Waals surface area (Å²) in [7, 11) is 1.54. The molecular formula is C13H12BrFN2O2. The molecule has 2 N–H and O–H groups in total. The van der Waals surface area contributed by atoms with E-state index in [9.17, 15) is 4.39 Å². The Kier molecular flexibility index (Phi) is 4.34. The quantitative estimate of drug-likeness (QED) is 0.937. The fraction of sp³-hybridized carbons (Fsp3) is 0.154. The van der Waals surface area contributed by atoms with Crippen molar-refractivity contribution in [3.8, 4) is 17.4 Å². The molecule has 0 radical (unpaired) electrons. The lowest BCUT2D eigenvalue weighted by molar-refractivity contribution is 0.399. The van der Waals surface area contributed by atoms with E-state index in [0.717, 1.165) is 5.56 Å². The van der Waals surface area contributed by atoms with Gasteiger partial charge in [0.1, 0.15) is 11.5 Å². The van der Waals surface area contributed by atoms with E-state index in [2.05, 4.69) is 20.9 Å². The first-order valence-electron chi connectivity index (χ1n) is 5.49. The van der Waals surface area contributed by atoms with Gasteiger partial charge in [0.05, 0.1) is 7.11 Å². The molecule has 0 amide bonds. The second-order valence-electron chi connectivity index (χ2n) is 3.76. The van der Waals surface area contributed by atoms with Crippen LogP contribution < -0.4 is 15.2 Å². The summed E-state index contributed by atoms with van der Waals surface area (Å²) in [6.45, 7) is 0.337. The number of methoxy groups -OCH3 is 1. The third-order valence-corrected chi connectivity index (χ3v) is 2.83. The molecule has 2 aromatic rings. The SMILES string of the molecule is COc1cc(CN)cc(Oc2ncc(Br)cc2F)c1. The van der Waals surface area contributed by atoms with Crippen molar-refractivity contribution in [3.63, 3.8) is 0 Å². The van der Waals surface area contributed by atoms with Gasteiger partial charge in [-0.2, -0.15) is 0 Å². The Morgan fingerprint density at radius 3 is 2.63 bits per heavy atom. The molecule has 0 spiro atoms. The minimum Gasteiger partial charge on any atom is -0.497 e. The predicted octanol–water partition coefficient (Wildman–Crippen LogP) is 3.24. The Morgan fingerprint density at radius 2 is 2.00 bits per heavy atom. The van der Waals surface area contributed by atoms with E-state index < -0.39 is 5.82 Å². The number of hydrogen-bond acceptors (Lipinski definition) is 4. The summed E-state index contributed by atoms with van der Waals surface area (Å²) in [6.07, 6.45) is 1.46. The summed E-state index contributed by atoms with van der Waals surface area (Å²) >= 11 is 3.13. The Morgan fingerprint density at radius 1 is 1.26 bits per heavy atom. The molecule has 0 aliphatic heterocycles. The lowest BCUT2D eigenvalue weighted by Crippen LogP contribution is -1.99. The van der Waals surface area contributed by atoms with Crippen molar-refractivity contribution < 1.29 is 13.9 Å². The van der Waals surface area contributed by atoms with Crippen LogP contribution in [0.1, 0.15) is 5.56 Å². The molecule has 1 aromatic carbocycles. The number of pyridine rings is 1. The molecule has 100 valence electrons. The number of aromatic nitrogens is 1. The molecule has 4 nitrogen and oxygen atoms in total. The predicted molar refractivity (Wildman–Crippen MR) is 72.9 cm³/mol. The highest BCUT2D eigenvalue weighted by Crippen LogP contribution is 2.28. The van der Waals surface area contributed by atoms with Crippen LogP contribution >= 0.6 is 15.9 Å². The van der Waals surface area contributed by atoms with Crippen molar-refractivity contribution in [3.05, 3.63) is 46.3 Å². The van der Waals surface area contributed by atoms with Crippen molar-refractivity contribution in [1.82, 2.24) is 4.98 Å². The van der Waals surface area contributed by atoms with E-state index in [-0.39, 0.29) is 5.88 Å². The number of nitrogens with two attached hydrogens (primary N) is 1. The first-order chi connectivity index (χ1) is 9.12. The summed E-state index contributed by atoms with van der Waals surface area (Å²) in [4.78, 5) is 3.87. The van der Waals surface area contributed by atoms with Gasteiger partial charge in [0.25, 0.3) is 5.88 Å². The van der Waals surface area contributed by atoms with E-state index >= 15 is 0 Å². The maximum Gasteiger partial charge on any atom is 0.255 e. The maximum absolute atomic E-state index is 13.6. The van der Waals surface area contributed by atoms with Gasteiger partial charge in [-0.3, -0.25) is 0 Å². The van der Waals surface area contributed by atoms with Crippen molar-refractivity contribution in [2.75, 3.05) is 7.11 Å². The van der Waals surface area contributed by atoms with Crippen LogP contribution in [0.4, 0.5) is 4.39 Å². The van der Waals surface area contributed by atoms with Crippen molar-refractivity contribution >= 4 is 15.9 Å². The van der Waals surface area contributed by atoms with Crippen LogP contribution in [-0.4, -0.2) is 12.1 Å². The lowest BCUT2D eigenvalue weighted by atomic mass is 10.2. The van der Waals surface area contributed by atoms with Gasteiger partial charge in [0.15, 0.2) is 5.82 Å². The average molecular weight is 327 g/mol.